The van der Waals surface area contributed by atoms with Gasteiger partial charge < -0.3 is 20.9 Å². The highest BCUT2D eigenvalue weighted by molar-refractivity contribution is 6.00. The topological polar surface area (TPSA) is 95.0 Å². The molecule has 0 bridgehead atoms. The molecule has 0 saturated carbocycles. The average Bonchev–Trinajstić information content (AvgIpc) is 2.46. The van der Waals surface area contributed by atoms with Gasteiger partial charge in [0, 0.05) is 12.7 Å². The normalized spacial score (nSPS) is 21.1. The van der Waals surface area contributed by atoms with Crippen molar-refractivity contribution in [1.82, 2.24) is 4.98 Å². The average molecular weight is 250 g/mol. The smallest absolute Gasteiger partial charge is 0.190 e. The highest BCUT2D eigenvalue weighted by atomic mass is 16.4. The van der Waals surface area contributed by atoms with E-state index >= 15 is 0 Å². The van der Waals surface area contributed by atoms with Crippen LogP contribution >= 0.6 is 0 Å². The maximum Gasteiger partial charge on any atom is 0.190 e. The van der Waals surface area contributed by atoms with Crippen LogP contribution in [0.4, 0.5) is 5.69 Å². The molecule has 0 radical (unpaired) electrons. The first-order chi connectivity index (χ1) is 8.77. The van der Waals surface area contributed by atoms with Crippen molar-refractivity contribution < 1.29 is 10.3 Å². The standard InChI is InChI=1S/C12H18N4O2/c13-12(15-18)11-10(5-3-6-14-11)16-7-2-1-4-9(16)8-17/h3,5-6,9,17-18H,1-2,4,7-8H2,(H2,13,15). The number of pyridine rings is 1. The SMILES string of the molecule is N/C(=N/O)c1ncccc1N1CCCCC1CO. The summed E-state index contributed by atoms with van der Waals surface area (Å²) in [5, 5.41) is 21.2. The van der Waals surface area contributed by atoms with E-state index in [1.54, 1.807) is 6.20 Å². The molecule has 18 heavy (non-hydrogen) atoms. The maximum absolute atomic E-state index is 9.44. The molecule has 0 spiro atoms. The highest BCUT2D eigenvalue weighted by Crippen LogP contribution is 2.26. The van der Waals surface area contributed by atoms with Crippen LogP contribution < -0.4 is 10.6 Å². The second-order valence-electron chi connectivity index (χ2n) is 4.38. The number of piperidine rings is 1. The van der Waals surface area contributed by atoms with E-state index in [2.05, 4.69) is 15.0 Å². The van der Waals surface area contributed by atoms with Gasteiger partial charge in [-0.2, -0.15) is 0 Å². The molecule has 0 amide bonds. The van der Waals surface area contributed by atoms with E-state index in [0.717, 1.165) is 31.5 Å². The van der Waals surface area contributed by atoms with Crippen molar-refractivity contribution in [1.29, 1.82) is 0 Å². The summed E-state index contributed by atoms with van der Waals surface area (Å²) < 4.78 is 0. The first-order valence-corrected chi connectivity index (χ1v) is 6.08. The predicted molar refractivity (Wildman–Crippen MR) is 68.8 cm³/mol. The van der Waals surface area contributed by atoms with Crippen molar-refractivity contribution in [2.45, 2.75) is 25.3 Å². The fourth-order valence-corrected chi connectivity index (χ4v) is 2.38. The Morgan fingerprint density at radius 3 is 3.11 bits per heavy atom. The van der Waals surface area contributed by atoms with Gasteiger partial charge in [-0.1, -0.05) is 5.16 Å². The second kappa shape index (κ2) is 5.68. The summed E-state index contributed by atoms with van der Waals surface area (Å²) >= 11 is 0. The third kappa shape index (κ3) is 2.38. The van der Waals surface area contributed by atoms with Crippen LogP contribution in [-0.4, -0.2) is 40.3 Å². The van der Waals surface area contributed by atoms with Crippen molar-refractivity contribution in [2.24, 2.45) is 10.9 Å². The first kappa shape index (κ1) is 12.6. The molecule has 1 atom stereocenters. The van der Waals surface area contributed by atoms with Crippen LogP contribution in [0.1, 0.15) is 25.0 Å². The van der Waals surface area contributed by atoms with Crippen molar-refractivity contribution in [3.63, 3.8) is 0 Å². The van der Waals surface area contributed by atoms with Crippen LogP contribution in [0.25, 0.3) is 0 Å². The number of oxime groups is 1. The zero-order chi connectivity index (χ0) is 13.0. The van der Waals surface area contributed by atoms with Gasteiger partial charge in [0.15, 0.2) is 5.84 Å². The number of hydrogen-bond donors (Lipinski definition) is 3. The van der Waals surface area contributed by atoms with Crippen molar-refractivity contribution in [2.75, 3.05) is 18.1 Å². The van der Waals surface area contributed by atoms with E-state index in [-0.39, 0.29) is 18.5 Å². The van der Waals surface area contributed by atoms with Gasteiger partial charge in [-0.05, 0) is 31.4 Å². The van der Waals surface area contributed by atoms with Gasteiger partial charge in [0.1, 0.15) is 5.69 Å². The number of aliphatic hydroxyl groups is 1. The van der Waals surface area contributed by atoms with E-state index in [1.165, 1.54) is 0 Å². The lowest BCUT2D eigenvalue weighted by molar-refractivity contribution is 0.240. The number of hydrogen-bond acceptors (Lipinski definition) is 5. The molecule has 0 aliphatic carbocycles. The minimum atomic E-state index is -0.00661. The second-order valence-corrected chi connectivity index (χ2v) is 4.38. The van der Waals surface area contributed by atoms with Gasteiger partial charge in [-0.15, -0.1) is 0 Å². The molecule has 6 heteroatoms. The molecule has 4 N–H and O–H groups in total. The molecule has 98 valence electrons. The van der Waals surface area contributed by atoms with Crippen molar-refractivity contribution in [3.8, 4) is 0 Å². The monoisotopic (exact) mass is 250 g/mol. The van der Waals surface area contributed by atoms with Gasteiger partial charge in [-0.3, -0.25) is 4.98 Å². The number of anilines is 1. The zero-order valence-corrected chi connectivity index (χ0v) is 10.2. The summed E-state index contributed by atoms with van der Waals surface area (Å²) in [6, 6.07) is 3.77. The van der Waals surface area contributed by atoms with Gasteiger partial charge in [0.2, 0.25) is 0 Å². The molecule has 1 aliphatic heterocycles. The Hall–Kier alpha value is -1.82. The summed E-state index contributed by atoms with van der Waals surface area (Å²) in [4.78, 5) is 6.24. The first-order valence-electron chi connectivity index (χ1n) is 6.08. The van der Waals surface area contributed by atoms with Gasteiger partial charge in [0.25, 0.3) is 0 Å². The molecule has 1 saturated heterocycles. The molecular weight excluding hydrogens is 232 g/mol. The molecular formula is C12H18N4O2. The molecule has 1 aromatic heterocycles. The Kier molecular flexibility index (Phi) is 3.99. The maximum atomic E-state index is 9.44. The van der Waals surface area contributed by atoms with Crippen LogP contribution in [0.2, 0.25) is 0 Å². The van der Waals surface area contributed by atoms with Gasteiger partial charge in [-0.25, -0.2) is 0 Å². The van der Waals surface area contributed by atoms with Crippen molar-refractivity contribution >= 4 is 11.5 Å². The molecule has 2 heterocycles. The van der Waals surface area contributed by atoms with Gasteiger partial charge >= 0.3 is 0 Å². The number of nitrogens with zero attached hydrogens (tertiary/aromatic N) is 3. The summed E-state index contributed by atoms with van der Waals surface area (Å²) in [7, 11) is 0. The van der Waals surface area contributed by atoms with Crippen LogP contribution in [0, 0.1) is 0 Å². The Morgan fingerprint density at radius 1 is 1.56 bits per heavy atom. The largest absolute Gasteiger partial charge is 0.409 e. The number of aliphatic hydroxyl groups excluding tert-OH is 1. The molecule has 2 rings (SSSR count). The molecule has 1 aromatic rings. The Balaban J connectivity index is 2.37. The quantitative estimate of drug-likeness (QED) is 0.315. The van der Waals surface area contributed by atoms with E-state index in [9.17, 15) is 5.11 Å². The van der Waals surface area contributed by atoms with Crippen LogP contribution in [0.15, 0.2) is 23.5 Å². The van der Waals surface area contributed by atoms with E-state index in [0.29, 0.717) is 5.69 Å². The van der Waals surface area contributed by atoms with Crippen LogP contribution in [0.5, 0.6) is 0 Å². The fourth-order valence-electron chi connectivity index (χ4n) is 2.38. The highest BCUT2D eigenvalue weighted by Gasteiger charge is 2.25. The molecule has 1 fully saturated rings. The Labute approximate surface area is 106 Å². The van der Waals surface area contributed by atoms with Crippen LogP contribution in [-0.2, 0) is 0 Å². The van der Waals surface area contributed by atoms with E-state index in [4.69, 9.17) is 10.9 Å². The summed E-state index contributed by atoms with van der Waals surface area (Å²) in [5.74, 6) is -0.00661. The Morgan fingerprint density at radius 2 is 2.39 bits per heavy atom. The number of amidine groups is 1. The predicted octanol–water partition coefficient (Wildman–Crippen LogP) is 0.527. The van der Waals surface area contributed by atoms with E-state index < -0.39 is 0 Å². The minimum Gasteiger partial charge on any atom is -0.409 e. The lowest BCUT2D eigenvalue weighted by atomic mass is 10.0. The van der Waals surface area contributed by atoms with Crippen LogP contribution in [0.3, 0.4) is 0 Å². The third-order valence-corrected chi connectivity index (χ3v) is 3.28. The molecule has 1 unspecified atom stereocenters. The van der Waals surface area contributed by atoms with Gasteiger partial charge in [0.05, 0.1) is 18.3 Å². The molecule has 1 aliphatic rings. The Bertz CT molecular complexity index is 436. The minimum absolute atomic E-state index is 0.00661. The lowest BCUT2D eigenvalue weighted by Crippen LogP contribution is -2.43. The zero-order valence-electron chi connectivity index (χ0n) is 10.2. The number of rotatable bonds is 3. The summed E-state index contributed by atoms with van der Waals surface area (Å²) in [5.41, 5.74) is 6.91. The summed E-state index contributed by atoms with van der Waals surface area (Å²) in [6.45, 7) is 0.952. The number of aromatic nitrogens is 1. The number of nitrogens with two attached hydrogens (primary N) is 1. The summed E-state index contributed by atoms with van der Waals surface area (Å²) in [6.07, 6.45) is 4.73. The third-order valence-electron chi connectivity index (χ3n) is 3.28. The molecule has 6 nitrogen and oxygen atoms in total. The lowest BCUT2D eigenvalue weighted by Gasteiger charge is -2.37. The van der Waals surface area contributed by atoms with Crippen molar-refractivity contribution in [3.05, 3.63) is 24.0 Å². The van der Waals surface area contributed by atoms with E-state index in [1.807, 2.05) is 12.1 Å². The molecule has 0 aromatic carbocycles. The fraction of sp³-hybridized carbons (Fsp3) is 0.500.